The maximum absolute atomic E-state index is 12.6. The first kappa shape index (κ1) is 19.4. The van der Waals surface area contributed by atoms with Gasteiger partial charge in [0.1, 0.15) is 12.1 Å². The maximum atomic E-state index is 12.6. The molecule has 0 fully saturated rings. The average Bonchev–Trinajstić information content (AvgIpc) is 3.05. The van der Waals surface area contributed by atoms with Crippen molar-refractivity contribution < 1.29 is 17.9 Å². The molecule has 0 bridgehead atoms. The second-order valence-corrected chi connectivity index (χ2v) is 9.63. The summed E-state index contributed by atoms with van der Waals surface area (Å²) in [6, 6.07) is 14.4. The third kappa shape index (κ3) is 3.35. The van der Waals surface area contributed by atoms with Crippen molar-refractivity contribution in [1.29, 1.82) is 0 Å². The fourth-order valence-corrected chi connectivity index (χ4v) is 4.94. The van der Waals surface area contributed by atoms with E-state index in [2.05, 4.69) is 4.40 Å². The summed E-state index contributed by atoms with van der Waals surface area (Å²) in [7, 11) is -3.74. The van der Waals surface area contributed by atoms with Crippen LogP contribution in [0.15, 0.2) is 57.8 Å². The molecule has 0 saturated heterocycles. The molecule has 0 atom stereocenters. The molecule has 0 saturated carbocycles. The normalized spacial score (nSPS) is 15.2. The van der Waals surface area contributed by atoms with Gasteiger partial charge in [-0.25, -0.2) is 0 Å². The fraction of sp³-hybridized carbons (Fsp3) is 0.273. The first-order valence-corrected chi connectivity index (χ1v) is 10.8. The van der Waals surface area contributed by atoms with E-state index in [0.29, 0.717) is 11.3 Å². The molecule has 1 aliphatic heterocycles. The van der Waals surface area contributed by atoms with E-state index >= 15 is 0 Å². The molecule has 4 rings (SSSR count). The molecule has 29 heavy (non-hydrogen) atoms. The summed E-state index contributed by atoms with van der Waals surface area (Å²) < 4.78 is 36.5. The number of benzene rings is 2. The smallest absolute Gasteiger partial charge is 0.326 e. The van der Waals surface area contributed by atoms with Crippen LogP contribution in [-0.2, 0) is 26.1 Å². The van der Waals surface area contributed by atoms with Crippen LogP contribution in [0.3, 0.4) is 0 Å². The number of nitrogens with zero attached hydrogens (tertiary/aromatic N) is 2. The summed E-state index contributed by atoms with van der Waals surface area (Å²) in [6.07, 6.45) is 0. The average molecular weight is 410 g/mol. The molecule has 1 aliphatic rings. The van der Waals surface area contributed by atoms with E-state index in [1.54, 1.807) is 24.3 Å². The summed E-state index contributed by atoms with van der Waals surface area (Å²) in [4.78, 5) is 12.7. The minimum Gasteiger partial charge on any atom is -0.459 e. The van der Waals surface area contributed by atoms with Gasteiger partial charge < -0.3 is 9.30 Å². The molecule has 0 amide bonds. The number of rotatable bonds is 3. The lowest BCUT2D eigenvalue weighted by atomic mass is 10.00. The van der Waals surface area contributed by atoms with Crippen molar-refractivity contribution in [3.8, 4) is 0 Å². The largest absolute Gasteiger partial charge is 0.459 e. The van der Waals surface area contributed by atoms with Crippen LogP contribution in [0, 0.1) is 6.92 Å². The van der Waals surface area contributed by atoms with Gasteiger partial charge in [-0.2, -0.15) is 12.8 Å². The first-order chi connectivity index (χ1) is 13.6. The maximum Gasteiger partial charge on any atom is 0.326 e. The Balaban J connectivity index is 1.90. The van der Waals surface area contributed by atoms with Crippen LogP contribution in [0.25, 0.3) is 10.9 Å². The van der Waals surface area contributed by atoms with Crippen molar-refractivity contribution in [1.82, 2.24) is 4.57 Å². The Labute approximate surface area is 169 Å². The van der Waals surface area contributed by atoms with Gasteiger partial charge >= 0.3 is 5.97 Å². The number of sulfonamides is 1. The number of esters is 1. The van der Waals surface area contributed by atoms with Crippen LogP contribution in [0.1, 0.15) is 37.6 Å². The van der Waals surface area contributed by atoms with Gasteiger partial charge in [0.05, 0.1) is 10.6 Å². The van der Waals surface area contributed by atoms with Gasteiger partial charge in [-0.1, -0.05) is 36.4 Å². The molecule has 150 valence electrons. The summed E-state index contributed by atoms with van der Waals surface area (Å²) >= 11 is 0. The van der Waals surface area contributed by atoms with Crippen molar-refractivity contribution in [2.45, 2.75) is 44.7 Å². The van der Waals surface area contributed by atoms with Gasteiger partial charge in [0.25, 0.3) is 10.0 Å². The van der Waals surface area contributed by atoms with Gasteiger partial charge in [0.15, 0.2) is 0 Å². The molecule has 0 N–H and O–H groups in total. The highest BCUT2D eigenvalue weighted by Gasteiger charge is 2.32. The Hall–Kier alpha value is -2.93. The summed E-state index contributed by atoms with van der Waals surface area (Å²) in [5.74, 6) is -0.353. The van der Waals surface area contributed by atoms with E-state index in [1.165, 1.54) is 0 Å². The minimum atomic E-state index is -3.74. The summed E-state index contributed by atoms with van der Waals surface area (Å²) in [5.41, 5.74) is 2.73. The van der Waals surface area contributed by atoms with Crippen LogP contribution in [0.2, 0.25) is 0 Å². The Morgan fingerprint density at radius 3 is 2.45 bits per heavy atom. The molecule has 0 unspecified atom stereocenters. The van der Waals surface area contributed by atoms with E-state index in [9.17, 15) is 13.2 Å². The number of hydrogen-bond acceptors (Lipinski definition) is 4. The van der Waals surface area contributed by atoms with Crippen LogP contribution in [-0.4, -0.2) is 30.3 Å². The Kier molecular flexibility index (Phi) is 4.38. The van der Waals surface area contributed by atoms with Crippen LogP contribution in [0.4, 0.5) is 0 Å². The highest BCUT2D eigenvalue weighted by molar-refractivity contribution is 7.90. The number of para-hydroxylation sites is 1. The Morgan fingerprint density at radius 2 is 1.72 bits per heavy atom. The molecule has 0 aliphatic carbocycles. The third-order valence-electron chi connectivity index (χ3n) is 4.81. The zero-order chi connectivity index (χ0) is 21.0. The van der Waals surface area contributed by atoms with Crippen LogP contribution in [0.5, 0.6) is 0 Å². The molecule has 6 nitrogen and oxygen atoms in total. The Bertz CT molecular complexity index is 1280. The number of ether oxygens (including phenoxy) is 1. The molecule has 2 aromatic carbocycles. The third-order valence-corrected chi connectivity index (χ3v) is 6.14. The first-order valence-electron chi connectivity index (χ1n) is 9.33. The van der Waals surface area contributed by atoms with E-state index in [0.717, 1.165) is 22.2 Å². The van der Waals surface area contributed by atoms with Crippen LogP contribution >= 0.6 is 0 Å². The van der Waals surface area contributed by atoms with E-state index < -0.39 is 15.6 Å². The molecular weight excluding hydrogens is 388 g/mol. The molecule has 0 radical (unpaired) electrons. The highest BCUT2D eigenvalue weighted by Crippen LogP contribution is 2.35. The zero-order valence-electron chi connectivity index (χ0n) is 16.8. The number of carbonyl (C=O) groups excluding carboxylic acids is 1. The fourth-order valence-electron chi connectivity index (χ4n) is 3.72. The van der Waals surface area contributed by atoms with E-state index in [-0.39, 0.29) is 17.4 Å². The lowest BCUT2D eigenvalue weighted by Gasteiger charge is -2.20. The molecule has 0 spiro atoms. The quantitative estimate of drug-likeness (QED) is 0.615. The van der Waals surface area contributed by atoms with Crippen molar-refractivity contribution >= 4 is 32.6 Å². The second-order valence-electron chi connectivity index (χ2n) is 8.06. The number of fused-ring (bicyclic) bond motifs is 2. The predicted octanol–water partition coefficient (Wildman–Crippen LogP) is 3.83. The molecular formula is C22H22N2O4S. The van der Waals surface area contributed by atoms with Crippen molar-refractivity contribution in [2.24, 2.45) is 4.40 Å². The van der Waals surface area contributed by atoms with Crippen LogP contribution < -0.4 is 0 Å². The predicted molar refractivity (Wildman–Crippen MR) is 112 cm³/mol. The number of aromatic nitrogens is 1. The summed E-state index contributed by atoms with van der Waals surface area (Å²) in [5, 5.41) is 0.846. The van der Waals surface area contributed by atoms with E-state index in [1.807, 2.05) is 56.5 Å². The SMILES string of the molecule is Cc1c(C2=NS(=O)(=O)c3ccccc32)c2ccccc2n1CC(=O)OC(C)(C)C. The highest BCUT2D eigenvalue weighted by atomic mass is 32.2. The summed E-state index contributed by atoms with van der Waals surface area (Å²) in [6.45, 7) is 7.38. The standard InChI is InChI=1S/C22H22N2O4S/c1-14-20(21-16-10-6-8-12-18(16)29(26,27)23-21)15-9-5-7-11-17(15)24(14)13-19(25)28-22(2,3)4/h5-12H,13H2,1-4H3. The van der Waals surface area contributed by atoms with Gasteiger partial charge in [-0.3, -0.25) is 4.79 Å². The van der Waals surface area contributed by atoms with Gasteiger partial charge in [-0.15, -0.1) is 0 Å². The monoisotopic (exact) mass is 410 g/mol. The number of hydrogen-bond donors (Lipinski definition) is 0. The molecule has 2 heterocycles. The van der Waals surface area contributed by atoms with E-state index in [4.69, 9.17) is 4.74 Å². The van der Waals surface area contributed by atoms with Gasteiger partial charge in [0, 0.05) is 27.7 Å². The van der Waals surface area contributed by atoms with Gasteiger partial charge in [-0.05, 0) is 39.8 Å². The lowest BCUT2D eigenvalue weighted by Crippen LogP contribution is -2.26. The van der Waals surface area contributed by atoms with Crippen molar-refractivity contribution in [3.05, 3.63) is 65.4 Å². The van der Waals surface area contributed by atoms with Crippen molar-refractivity contribution in [2.75, 3.05) is 0 Å². The van der Waals surface area contributed by atoms with Gasteiger partial charge in [0.2, 0.25) is 0 Å². The zero-order valence-corrected chi connectivity index (χ0v) is 17.6. The number of carbonyl (C=O) groups is 1. The lowest BCUT2D eigenvalue weighted by molar-refractivity contribution is -0.155. The molecule has 1 aromatic heterocycles. The topological polar surface area (TPSA) is 77.7 Å². The minimum absolute atomic E-state index is 0.0330. The molecule has 3 aromatic rings. The van der Waals surface area contributed by atoms with Crippen molar-refractivity contribution in [3.63, 3.8) is 0 Å². The Morgan fingerprint density at radius 1 is 1.07 bits per heavy atom. The molecule has 7 heteroatoms. The second kappa shape index (κ2) is 6.56.